The van der Waals surface area contributed by atoms with E-state index in [2.05, 4.69) is 5.32 Å². The molecule has 0 bridgehead atoms. The summed E-state index contributed by atoms with van der Waals surface area (Å²) in [7, 11) is 0. The van der Waals surface area contributed by atoms with Crippen molar-refractivity contribution in [3.05, 3.63) is 113 Å². The maximum absolute atomic E-state index is 13.7. The van der Waals surface area contributed by atoms with Crippen LogP contribution in [0.15, 0.2) is 107 Å². The molecule has 0 aliphatic heterocycles. The lowest BCUT2D eigenvalue weighted by atomic mass is 10.2. The first-order chi connectivity index (χ1) is 17.1. The van der Waals surface area contributed by atoms with Gasteiger partial charge in [0, 0.05) is 11.4 Å². The van der Waals surface area contributed by atoms with Gasteiger partial charge in [0.05, 0.1) is 16.3 Å². The van der Waals surface area contributed by atoms with Gasteiger partial charge in [-0.3, -0.25) is 14.2 Å². The average Bonchev–Trinajstić information content (AvgIpc) is 3.34. The summed E-state index contributed by atoms with van der Waals surface area (Å²) >= 11 is 2.78. The highest BCUT2D eigenvalue weighted by atomic mass is 32.2. The number of thiophene rings is 1. The van der Waals surface area contributed by atoms with Crippen molar-refractivity contribution in [2.24, 2.45) is 0 Å². The van der Waals surface area contributed by atoms with E-state index in [0.717, 1.165) is 21.7 Å². The van der Waals surface area contributed by atoms with E-state index < -0.39 is 5.25 Å². The lowest BCUT2D eigenvalue weighted by Gasteiger charge is -2.15. The molecular weight excluding hydrogens is 474 g/mol. The number of nitrogens with zero attached hydrogens (tertiary/aromatic N) is 2. The van der Waals surface area contributed by atoms with Crippen molar-refractivity contribution in [3.63, 3.8) is 0 Å². The zero-order valence-electron chi connectivity index (χ0n) is 19.0. The molecule has 35 heavy (non-hydrogen) atoms. The number of carbonyl (C=O) groups is 1. The average molecular weight is 498 g/mol. The van der Waals surface area contributed by atoms with Crippen LogP contribution in [0.25, 0.3) is 26.3 Å². The Balaban J connectivity index is 1.50. The van der Waals surface area contributed by atoms with E-state index in [1.807, 2.05) is 104 Å². The number of rotatable bonds is 7. The Kier molecular flexibility index (Phi) is 6.79. The standard InChI is InChI=1S/C28H23N3O2S2/c1-19(25(32)29-18-20-11-5-2-6-12-20)34-28-30-26-23(17-24(35-26)21-13-7-3-8-14-21)27(33)31(28)22-15-9-4-10-16-22/h2-17,19H,18H2,1H3,(H,29,32)/t19-/m1/s1. The lowest BCUT2D eigenvalue weighted by molar-refractivity contribution is -0.120. The normalized spacial score (nSPS) is 11.9. The Morgan fingerprint density at radius 1 is 0.971 bits per heavy atom. The van der Waals surface area contributed by atoms with Gasteiger partial charge in [0.1, 0.15) is 4.83 Å². The molecule has 0 saturated carbocycles. The smallest absolute Gasteiger partial charge is 0.267 e. The maximum Gasteiger partial charge on any atom is 0.267 e. The van der Waals surface area contributed by atoms with Gasteiger partial charge in [0.2, 0.25) is 5.91 Å². The monoisotopic (exact) mass is 497 g/mol. The van der Waals surface area contributed by atoms with Crippen molar-refractivity contribution < 1.29 is 4.79 Å². The summed E-state index contributed by atoms with van der Waals surface area (Å²) in [6, 6.07) is 31.1. The fraction of sp³-hybridized carbons (Fsp3) is 0.107. The first-order valence-corrected chi connectivity index (χ1v) is 13.0. The molecule has 1 N–H and O–H groups in total. The van der Waals surface area contributed by atoms with Gasteiger partial charge in [-0.15, -0.1) is 11.3 Å². The molecule has 0 radical (unpaired) electrons. The number of carbonyl (C=O) groups excluding carboxylic acids is 1. The highest BCUT2D eigenvalue weighted by molar-refractivity contribution is 8.00. The Morgan fingerprint density at radius 3 is 2.29 bits per heavy atom. The van der Waals surface area contributed by atoms with E-state index in [1.54, 1.807) is 4.57 Å². The van der Waals surface area contributed by atoms with Crippen LogP contribution in [-0.4, -0.2) is 20.7 Å². The summed E-state index contributed by atoms with van der Waals surface area (Å²) in [4.78, 5) is 33.1. The van der Waals surface area contributed by atoms with Crippen molar-refractivity contribution in [1.29, 1.82) is 0 Å². The van der Waals surface area contributed by atoms with E-state index in [4.69, 9.17) is 4.98 Å². The zero-order valence-corrected chi connectivity index (χ0v) is 20.7. The molecular formula is C28H23N3O2S2. The molecule has 5 aromatic rings. The molecule has 0 aliphatic carbocycles. The molecule has 0 fully saturated rings. The molecule has 7 heteroatoms. The number of fused-ring (bicyclic) bond motifs is 1. The second kappa shape index (κ2) is 10.3. The van der Waals surface area contributed by atoms with Crippen LogP contribution in [0.3, 0.4) is 0 Å². The predicted molar refractivity (Wildman–Crippen MR) is 144 cm³/mol. The molecule has 5 rings (SSSR count). The van der Waals surface area contributed by atoms with Crippen LogP contribution < -0.4 is 10.9 Å². The number of benzene rings is 3. The van der Waals surface area contributed by atoms with Crippen molar-refractivity contribution in [2.45, 2.75) is 23.9 Å². The van der Waals surface area contributed by atoms with Gasteiger partial charge in [0.15, 0.2) is 5.16 Å². The van der Waals surface area contributed by atoms with Crippen LogP contribution in [0.2, 0.25) is 0 Å². The molecule has 0 saturated heterocycles. The van der Waals surface area contributed by atoms with Crippen LogP contribution >= 0.6 is 23.1 Å². The predicted octanol–water partition coefficient (Wildman–Crippen LogP) is 5.91. The summed E-state index contributed by atoms with van der Waals surface area (Å²) in [6.45, 7) is 2.29. The minimum absolute atomic E-state index is 0.107. The number of para-hydroxylation sites is 1. The number of hydrogen-bond donors (Lipinski definition) is 1. The minimum atomic E-state index is -0.438. The first kappa shape index (κ1) is 23.1. The van der Waals surface area contributed by atoms with Gasteiger partial charge in [-0.2, -0.15) is 0 Å². The number of nitrogens with one attached hydrogen (secondary N) is 1. The Labute approximate surface area is 211 Å². The molecule has 0 aliphatic rings. The molecule has 0 spiro atoms. The van der Waals surface area contributed by atoms with Gasteiger partial charge in [-0.25, -0.2) is 4.98 Å². The summed E-state index contributed by atoms with van der Waals surface area (Å²) < 4.78 is 1.61. The quantitative estimate of drug-likeness (QED) is 0.224. The Morgan fingerprint density at radius 2 is 1.60 bits per heavy atom. The number of amides is 1. The van der Waals surface area contributed by atoms with Gasteiger partial charge in [0.25, 0.3) is 5.56 Å². The van der Waals surface area contributed by atoms with Gasteiger partial charge in [-0.05, 0) is 36.2 Å². The Hall–Kier alpha value is -3.68. The largest absolute Gasteiger partial charge is 0.351 e. The second-order valence-electron chi connectivity index (χ2n) is 8.03. The van der Waals surface area contributed by atoms with Gasteiger partial charge < -0.3 is 5.32 Å². The molecule has 3 aromatic carbocycles. The molecule has 174 valence electrons. The van der Waals surface area contributed by atoms with Crippen LogP contribution in [-0.2, 0) is 11.3 Å². The first-order valence-electron chi connectivity index (χ1n) is 11.3. The summed E-state index contributed by atoms with van der Waals surface area (Å²) in [5, 5.41) is 3.62. The van der Waals surface area contributed by atoms with E-state index in [9.17, 15) is 9.59 Å². The van der Waals surface area contributed by atoms with Gasteiger partial charge >= 0.3 is 0 Å². The van der Waals surface area contributed by atoms with E-state index >= 15 is 0 Å². The number of thioether (sulfide) groups is 1. The summed E-state index contributed by atoms with van der Waals surface area (Å²) in [6.07, 6.45) is 0. The molecule has 1 amide bonds. The van der Waals surface area contributed by atoms with Crippen molar-refractivity contribution in [1.82, 2.24) is 14.9 Å². The van der Waals surface area contributed by atoms with E-state index in [1.165, 1.54) is 23.1 Å². The fourth-order valence-corrected chi connectivity index (χ4v) is 5.76. The highest BCUT2D eigenvalue weighted by Gasteiger charge is 2.21. The van der Waals surface area contributed by atoms with Crippen LogP contribution in [0.4, 0.5) is 0 Å². The molecule has 2 heterocycles. The van der Waals surface area contributed by atoms with Crippen LogP contribution in [0.5, 0.6) is 0 Å². The molecule has 5 nitrogen and oxygen atoms in total. The topological polar surface area (TPSA) is 64.0 Å². The van der Waals surface area contributed by atoms with E-state index in [0.29, 0.717) is 21.9 Å². The van der Waals surface area contributed by atoms with Crippen LogP contribution in [0, 0.1) is 0 Å². The second-order valence-corrected chi connectivity index (χ2v) is 10.4. The van der Waals surface area contributed by atoms with E-state index in [-0.39, 0.29) is 11.5 Å². The maximum atomic E-state index is 13.7. The fourth-order valence-electron chi connectivity index (χ4n) is 3.73. The summed E-state index contributed by atoms with van der Waals surface area (Å²) in [5.41, 5.74) is 2.66. The zero-order chi connectivity index (χ0) is 24.2. The van der Waals surface area contributed by atoms with Crippen molar-refractivity contribution >= 4 is 39.2 Å². The van der Waals surface area contributed by atoms with Gasteiger partial charge in [-0.1, -0.05) is 90.6 Å². The molecule has 1 atom stereocenters. The third-order valence-electron chi connectivity index (χ3n) is 5.57. The SMILES string of the molecule is C[C@@H](Sc1nc2sc(-c3ccccc3)cc2c(=O)n1-c1ccccc1)C(=O)NCc1ccccc1. The molecule has 0 unspecified atom stereocenters. The summed E-state index contributed by atoms with van der Waals surface area (Å²) in [5.74, 6) is -0.107. The third-order valence-corrected chi connectivity index (χ3v) is 7.70. The highest BCUT2D eigenvalue weighted by Crippen LogP contribution is 2.33. The minimum Gasteiger partial charge on any atom is -0.351 e. The Bertz CT molecular complexity index is 1510. The van der Waals surface area contributed by atoms with Crippen LogP contribution in [0.1, 0.15) is 12.5 Å². The lowest BCUT2D eigenvalue weighted by Crippen LogP contribution is -2.31. The third kappa shape index (κ3) is 5.06. The van der Waals surface area contributed by atoms with Crippen molar-refractivity contribution in [2.75, 3.05) is 0 Å². The van der Waals surface area contributed by atoms with Crippen molar-refractivity contribution in [3.8, 4) is 16.1 Å². The number of hydrogen-bond acceptors (Lipinski definition) is 5. The molecule has 2 aromatic heterocycles. The number of aromatic nitrogens is 2.